The average molecular weight is 1060 g/mol. The fourth-order valence-electron chi connectivity index (χ4n) is 9.84. The van der Waals surface area contributed by atoms with E-state index in [0.717, 1.165) is 77.0 Å². The Hall–Kier alpha value is -2.89. The van der Waals surface area contributed by atoms with Gasteiger partial charge in [-0.3, -0.25) is 14.4 Å². The molecule has 0 N–H and O–H groups in total. The maximum Gasteiger partial charge on any atom is 0.306 e. The summed E-state index contributed by atoms with van der Waals surface area (Å²) < 4.78 is 16.9. The molecule has 76 heavy (non-hydrogen) atoms. The number of hydrogen-bond acceptors (Lipinski definition) is 6. The van der Waals surface area contributed by atoms with Gasteiger partial charge in [-0.1, -0.05) is 332 Å². The van der Waals surface area contributed by atoms with E-state index in [1.54, 1.807) is 0 Å². The minimum absolute atomic E-state index is 0.0922. The van der Waals surface area contributed by atoms with Crippen LogP contribution in [0.1, 0.15) is 348 Å². The number of hydrogen-bond donors (Lipinski definition) is 0. The summed E-state index contributed by atoms with van der Waals surface area (Å²) in [7, 11) is 0. The molecule has 0 bridgehead atoms. The Bertz CT molecular complexity index is 1360. The molecule has 0 aromatic carbocycles. The van der Waals surface area contributed by atoms with E-state index in [1.165, 1.54) is 225 Å². The molecule has 0 radical (unpaired) electrons. The predicted octanol–water partition coefficient (Wildman–Crippen LogP) is 22.7. The summed E-state index contributed by atoms with van der Waals surface area (Å²) in [4.78, 5) is 38.3. The quantitative estimate of drug-likeness (QED) is 0.0261. The second-order valence-corrected chi connectivity index (χ2v) is 22.4. The van der Waals surface area contributed by atoms with Gasteiger partial charge in [-0.05, 0) is 57.8 Å². The van der Waals surface area contributed by atoms with E-state index in [2.05, 4.69) is 81.5 Å². The van der Waals surface area contributed by atoms with Crippen LogP contribution in [0.25, 0.3) is 0 Å². The van der Waals surface area contributed by atoms with E-state index in [9.17, 15) is 14.4 Å². The van der Waals surface area contributed by atoms with Crippen molar-refractivity contribution in [3.05, 3.63) is 60.8 Å². The number of unbranched alkanes of at least 4 members (excludes halogenated alkanes) is 40. The maximum atomic E-state index is 12.9. The van der Waals surface area contributed by atoms with Crippen molar-refractivity contribution in [1.29, 1.82) is 0 Å². The van der Waals surface area contributed by atoms with E-state index >= 15 is 0 Å². The van der Waals surface area contributed by atoms with Crippen LogP contribution < -0.4 is 0 Å². The number of allylic oxidation sites excluding steroid dienone is 10. The van der Waals surface area contributed by atoms with Gasteiger partial charge in [0.2, 0.25) is 0 Å². The summed E-state index contributed by atoms with van der Waals surface area (Å²) in [5.74, 6) is -0.929. The van der Waals surface area contributed by atoms with Crippen molar-refractivity contribution in [2.75, 3.05) is 13.2 Å². The summed E-state index contributed by atoms with van der Waals surface area (Å²) >= 11 is 0. The Balaban J connectivity index is 4.30. The smallest absolute Gasteiger partial charge is 0.306 e. The van der Waals surface area contributed by atoms with Gasteiger partial charge in [-0.15, -0.1) is 0 Å². The summed E-state index contributed by atoms with van der Waals surface area (Å²) in [6, 6.07) is 0. The molecule has 0 aliphatic carbocycles. The zero-order valence-corrected chi connectivity index (χ0v) is 50.8. The van der Waals surface area contributed by atoms with E-state index in [-0.39, 0.29) is 37.5 Å². The molecule has 0 aromatic heterocycles. The standard InChI is InChI=1S/C70H126O6/c1-4-7-10-13-16-19-22-25-28-30-31-32-33-34-35-36-37-38-40-42-45-48-51-54-57-60-63-69(72)75-66-67(65-74-68(71)62-59-56-53-50-47-44-41-27-24-21-18-15-12-9-6-3)76-70(73)64-61-58-55-52-49-46-43-39-29-26-23-20-17-14-11-8-5-2/h8,11,17,20,26,29,43,46,52,55,67H,4-7,9-10,12-16,18-19,21-25,27-28,30-42,44-45,47-51,53-54,56-66H2,1-3H3/b11-8-,20-17-,29-26-,46-43-,55-52-. The molecule has 0 amide bonds. The van der Waals surface area contributed by atoms with Crippen LogP contribution in [0, 0.1) is 0 Å². The van der Waals surface area contributed by atoms with Gasteiger partial charge in [0.25, 0.3) is 0 Å². The zero-order chi connectivity index (χ0) is 55.0. The second-order valence-electron chi connectivity index (χ2n) is 22.4. The van der Waals surface area contributed by atoms with Crippen LogP contribution in [0.4, 0.5) is 0 Å². The SMILES string of the molecule is CC/C=C\C/C=C\C/C=C\C/C=C\C/C=C\CCCC(=O)OC(COC(=O)CCCCCCCCCCCCCCCCC)COC(=O)CCCCCCCCCCCCCCCCCCCCCCCCCCCC. The third-order valence-corrected chi connectivity index (χ3v) is 14.8. The lowest BCUT2D eigenvalue weighted by atomic mass is 10.0. The lowest BCUT2D eigenvalue weighted by Crippen LogP contribution is -2.30. The molecular formula is C70H126O6. The Morgan fingerprint density at radius 1 is 0.276 bits per heavy atom. The molecule has 1 unspecified atom stereocenters. The lowest BCUT2D eigenvalue weighted by molar-refractivity contribution is -0.167. The summed E-state index contributed by atoms with van der Waals surface area (Å²) in [6.45, 7) is 6.54. The topological polar surface area (TPSA) is 78.9 Å². The molecule has 0 rings (SSSR count). The van der Waals surface area contributed by atoms with E-state index in [4.69, 9.17) is 14.2 Å². The third-order valence-electron chi connectivity index (χ3n) is 14.8. The van der Waals surface area contributed by atoms with Crippen molar-refractivity contribution in [2.24, 2.45) is 0 Å². The molecule has 6 heteroatoms. The molecule has 6 nitrogen and oxygen atoms in total. The molecular weight excluding hydrogens is 937 g/mol. The van der Waals surface area contributed by atoms with Crippen LogP contribution in [0.5, 0.6) is 0 Å². The van der Waals surface area contributed by atoms with Gasteiger partial charge >= 0.3 is 17.9 Å². The highest BCUT2D eigenvalue weighted by molar-refractivity contribution is 5.71. The third kappa shape index (κ3) is 62.0. The predicted molar refractivity (Wildman–Crippen MR) is 330 cm³/mol. The van der Waals surface area contributed by atoms with Crippen molar-refractivity contribution >= 4 is 17.9 Å². The van der Waals surface area contributed by atoms with Gasteiger partial charge in [-0.2, -0.15) is 0 Å². The maximum absolute atomic E-state index is 12.9. The highest BCUT2D eigenvalue weighted by atomic mass is 16.6. The van der Waals surface area contributed by atoms with Gasteiger partial charge in [0.15, 0.2) is 6.10 Å². The van der Waals surface area contributed by atoms with Crippen molar-refractivity contribution in [2.45, 2.75) is 354 Å². The Kier molecular flexibility index (Phi) is 62.2. The first kappa shape index (κ1) is 73.1. The number of carbonyl (C=O) groups excluding carboxylic acids is 3. The normalized spacial score (nSPS) is 12.4. The monoisotopic (exact) mass is 1060 g/mol. The van der Waals surface area contributed by atoms with Crippen LogP contribution in [0.3, 0.4) is 0 Å². The van der Waals surface area contributed by atoms with Gasteiger partial charge < -0.3 is 14.2 Å². The van der Waals surface area contributed by atoms with E-state index < -0.39 is 6.10 Å². The molecule has 0 fully saturated rings. The largest absolute Gasteiger partial charge is 0.462 e. The fourth-order valence-corrected chi connectivity index (χ4v) is 9.84. The molecule has 442 valence electrons. The molecule has 0 spiro atoms. The number of rotatable bonds is 61. The Labute approximate surface area is 472 Å². The number of ether oxygens (including phenoxy) is 3. The summed E-state index contributed by atoms with van der Waals surface area (Å²) in [5, 5.41) is 0. The van der Waals surface area contributed by atoms with Gasteiger partial charge in [0.1, 0.15) is 13.2 Å². The zero-order valence-electron chi connectivity index (χ0n) is 50.8. The summed E-state index contributed by atoms with van der Waals surface area (Å²) in [5.41, 5.74) is 0. The Morgan fingerprint density at radius 2 is 0.513 bits per heavy atom. The number of esters is 3. The molecule has 0 heterocycles. The van der Waals surface area contributed by atoms with Crippen LogP contribution in [0.15, 0.2) is 60.8 Å². The number of carbonyl (C=O) groups is 3. The van der Waals surface area contributed by atoms with Crippen LogP contribution in [0.2, 0.25) is 0 Å². The Morgan fingerprint density at radius 3 is 0.789 bits per heavy atom. The molecule has 0 aromatic rings. The van der Waals surface area contributed by atoms with E-state index in [0.29, 0.717) is 19.3 Å². The highest BCUT2D eigenvalue weighted by Crippen LogP contribution is 2.18. The first-order valence-corrected chi connectivity index (χ1v) is 33.3. The molecule has 0 saturated carbocycles. The van der Waals surface area contributed by atoms with Gasteiger partial charge in [0, 0.05) is 19.3 Å². The molecule has 1 atom stereocenters. The van der Waals surface area contributed by atoms with Crippen molar-refractivity contribution in [3.63, 3.8) is 0 Å². The van der Waals surface area contributed by atoms with Crippen LogP contribution >= 0.6 is 0 Å². The molecule has 0 aliphatic rings. The van der Waals surface area contributed by atoms with Crippen molar-refractivity contribution in [3.8, 4) is 0 Å². The van der Waals surface area contributed by atoms with Gasteiger partial charge in [-0.25, -0.2) is 0 Å². The van der Waals surface area contributed by atoms with Crippen LogP contribution in [-0.4, -0.2) is 37.2 Å². The van der Waals surface area contributed by atoms with Gasteiger partial charge in [0.05, 0.1) is 0 Å². The first-order valence-electron chi connectivity index (χ1n) is 33.3. The van der Waals surface area contributed by atoms with E-state index in [1.807, 2.05) is 0 Å². The van der Waals surface area contributed by atoms with Crippen LogP contribution in [-0.2, 0) is 28.6 Å². The molecule has 0 aliphatic heterocycles. The summed E-state index contributed by atoms with van der Waals surface area (Å²) in [6.07, 6.45) is 82.5. The second kappa shape index (κ2) is 64.6. The fraction of sp³-hybridized carbons (Fsp3) is 0.814. The highest BCUT2D eigenvalue weighted by Gasteiger charge is 2.19. The minimum atomic E-state index is -0.802. The minimum Gasteiger partial charge on any atom is -0.462 e. The lowest BCUT2D eigenvalue weighted by Gasteiger charge is -2.18. The average Bonchev–Trinajstić information content (AvgIpc) is 3.42. The first-order chi connectivity index (χ1) is 37.5. The van der Waals surface area contributed by atoms with Crippen molar-refractivity contribution in [1.82, 2.24) is 0 Å². The molecule has 0 saturated heterocycles. The van der Waals surface area contributed by atoms with Crippen molar-refractivity contribution < 1.29 is 28.6 Å².